The molecule has 0 bridgehead atoms. The highest BCUT2D eigenvalue weighted by molar-refractivity contribution is 6.51. The molecule has 0 saturated heterocycles. The van der Waals surface area contributed by atoms with E-state index in [1.54, 1.807) is 0 Å². The van der Waals surface area contributed by atoms with E-state index in [1.807, 2.05) is 0 Å². The molecule has 0 aromatic heterocycles. The third-order valence-electron chi connectivity index (χ3n) is 4.10. The van der Waals surface area contributed by atoms with Gasteiger partial charge in [0, 0.05) is 6.61 Å². The van der Waals surface area contributed by atoms with Crippen LogP contribution in [0.5, 0.6) is 0 Å². The number of hydrogen-bond acceptors (Lipinski definition) is 1. The van der Waals surface area contributed by atoms with Crippen molar-refractivity contribution in [3.05, 3.63) is 35.9 Å². The summed E-state index contributed by atoms with van der Waals surface area (Å²) in [6.07, 6.45) is 10.9. The Balaban J connectivity index is 1.92. The normalized spacial score (nSPS) is 12.5. The van der Waals surface area contributed by atoms with Crippen molar-refractivity contribution < 1.29 is 4.43 Å². The first kappa shape index (κ1) is 18.4. The van der Waals surface area contributed by atoms with Crippen LogP contribution >= 0.6 is 0 Å². The smallest absolute Gasteiger partial charge is 0.176 e. The molecule has 0 radical (unpaired) electrons. The van der Waals surface area contributed by atoms with Gasteiger partial charge in [0.2, 0.25) is 0 Å². The van der Waals surface area contributed by atoms with Gasteiger partial charge in [0.05, 0.1) is 0 Å². The highest BCUT2D eigenvalue weighted by Crippen LogP contribution is 2.14. The molecule has 0 aliphatic heterocycles. The van der Waals surface area contributed by atoms with Crippen molar-refractivity contribution in [2.75, 3.05) is 6.61 Å². The summed E-state index contributed by atoms with van der Waals surface area (Å²) < 4.78 is 5.92. The largest absolute Gasteiger partial charge is 0.420 e. The van der Waals surface area contributed by atoms with Crippen LogP contribution in [0.3, 0.4) is 0 Å². The maximum Gasteiger partial charge on any atom is 0.176 e. The lowest BCUT2D eigenvalue weighted by atomic mass is 10.1. The fourth-order valence-electron chi connectivity index (χ4n) is 2.92. The first-order valence-electron chi connectivity index (χ1n) is 9.02. The molecule has 0 aliphatic rings. The molecule has 1 nitrogen and oxygen atoms in total. The van der Waals surface area contributed by atoms with Gasteiger partial charge >= 0.3 is 0 Å². The molecule has 1 unspecified atom stereocenters. The lowest BCUT2D eigenvalue weighted by Gasteiger charge is -2.13. The minimum atomic E-state index is -0.840. The molecular weight excluding hydrogens is 272 g/mol. The van der Waals surface area contributed by atoms with E-state index in [-0.39, 0.29) is 0 Å². The Labute approximate surface area is 133 Å². The highest BCUT2D eigenvalue weighted by Gasteiger charge is 2.09. The van der Waals surface area contributed by atoms with Crippen molar-refractivity contribution in [3.63, 3.8) is 0 Å². The van der Waals surface area contributed by atoms with Gasteiger partial charge in [-0.2, -0.15) is 0 Å². The van der Waals surface area contributed by atoms with Crippen LogP contribution in [-0.4, -0.2) is 15.6 Å². The molecule has 21 heavy (non-hydrogen) atoms. The monoisotopic (exact) mass is 306 g/mol. The molecule has 1 atom stereocenters. The maximum absolute atomic E-state index is 5.92. The van der Waals surface area contributed by atoms with E-state index < -0.39 is 9.04 Å². The highest BCUT2D eigenvalue weighted by atomic mass is 28.3. The number of hydrogen-bond donors (Lipinski definition) is 0. The Morgan fingerprint density at radius 1 is 0.810 bits per heavy atom. The molecule has 1 aromatic rings. The number of rotatable bonds is 13. The van der Waals surface area contributed by atoms with Crippen LogP contribution in [0.1, 0.15) is 64.4 Å². The first-order chi connectivity index (χ1) is 10.4. The molecule has 120 valence electrons. The zero-order valence-electron chi connectivity index (χ0n) is 14.2. The summed E-state index contributed by atoms with van der Waals surface area (Å²) >= 11 is 0. The van der Waals surface area contributed by atoms with Gasteiger partial charge in [0.15, 0.2) is 9.04 Å². The van der Waals surface area contributed by atoms with Gasteiger partial charge < -0.3 is 4.43 Å². The third kappa shape index (κ3) is 9.86. The van der Waals surface area contributed by atoms with Crippen LogP contribution in [0, 0.1) is 0 Å². The zero-order chi connectivity index (χ0) is 15.2. The van der Waals surface area contributed by atoms with Gasteiger partial charge in [-0.05, 0) is 37.4 Å². The van der Waals surface area contributed by atoms with Crippen molar-refractivity contribution in [2.45, 2.75) is 77.3 Å². The fraction of sp³-hybridized carbons (Fsp3) is 0.684. The van der Waals surface area contributed by atoms with Crippen LogP contribution in [0.2, 0.25) is 12.1 Å². The van der Waals surface area contributed by atoms with E-state index >= 15 is 0 Å². The van der Waals surface area contributed by atoms with Gasteiger partial charge in [-0.1, -0.05) is 75.8 Å². The fourth-order valence-corrected chi connectivity index (χ4v) is 5.40. The van der Waals surface area contributed by atoms with Gasteiger partial charge in [-0.25, -0.2) is 0 Å². The van der Waals surface area contributed by atoms with E-state index in [4.69, 9.17) is 4.43 Å². The SMILES string of the molecule is CCC[SiH](CCCCCCCCc1ccccc1)OCC. The van der Waals surface area contributed by atoms with E-state index in [2.05, 4.69) is 44.2 Å². The maximum atomic E-state index is 5.92. The van der Waals surface area contributed by atoms with E-state index in [0.29, 0.717) is 0 Å². The Kier molecular flexibility index (Phi) is 11.5. The second-order valence-electron chi connectivity index (χ2n) is 6.01. The summed E-state index contributed by atoms with van der Waals surface area (Å²) in [4.78, 5) is 0. The van der Waals surface area contributed by atoms with Crippen LogP contribution in [0.25, 0.3) is 0 Å². The topological polar surface area (TPSA) is 9.23 Å². The van der Waals surface area contributed by atoms with Crippen molar-refractivity contribution >= 4 is 9.04 Å². The van der Waals surface area contributed by atoms with Crippen LogP contribution in [0.15, 0.2) is 30.3 Å². The molecule has 1 rings (SSSR count). The lowest BCUT2D eigenvalue weighted by molar-refractivity contribution is 0.339. The van der Waals surface area contributed by atoms with Gasteiger partial charge in [-0.15, -0.1) is 0 Å². The van der Waals surface area contributed by atoms with E-state index in [9.17, 15) is 0 Å². The summed E-state index contributed by atoms with van der Waals surface area (Å²) in [5.41, 5.74) is 1.49. The van der Waals surface area contributed by atoms with Crippen LogP contribution in [0.4, 0.5) is 0 Å². The zero-order valence-corrected chi connectivity index (χ0v) is 15.3. The molecule has 0 amide bonds. The van der Waals surface area contributed by atoms with Crippen LogP contribution in [-0.2, 0) is 10.8 Å². The summed E-state index contributed by atoms with van der Waals surface area (Å²) in [7, 11) is -0.840. The predicted octanol–water partition coefficient (Wildman–Crippen LogP) is 5.74. The Morgan fingerprint density at radius 3 is 2.14 bits per heavy atom. The molecule has 0 saturated carbocycles. The van der Waals surface area contributed by atoms with Crippen molar-refractivity contribution in [1.29, 1.82) is 0 Å². The van der Waals surface area contributed by atoms with Crippen molar-refractivity contribution in [2.24, 2.45) is 0 Å². The standard InChI is InChI=1S/C19H34OSi/c1-3-17-21(20-4-2)18-13-8-6-5-7-10-14-19-15-11-9-12-16-19/h9,11-12,15-16,21H,3-8,10,13-14,17-18H2,1-2H3. The predicted molar refractivity (Wildman–Crippen MR) is 96.5 cm³/mol. The summed E-state index contributed by atoms with van der Waals surface area (Å²) in [5, 5.41) is 0. The van der Waals surface area contributed by atoms with Gasteiger partial charge in [0.1, 0.15) is 0 Å². The Hall–Kier alpha value is -0.603. The Bertz CT molecular complexity index is 320. The van der Waals surface area contributed by atoms with Gasteiger partial charge in [-0.3, -0.25) is 0 Å². The molecular formula is C19H34OSi. The van der Waals surface area contributed by atoms with E-state index in [1.165, 1.54) is 69.0 Å². The average molecular weight is 307 g/mol. The lowest BCUT2D eigenvalue weighted by Crippen LogP contribution is -2.17. The number of unbranched alkanes of at least 4 members (excludes halogenated alkanes) is 5. The minimum absolute atomic E-state index is 0.840. The summed E-state index contributed by atoms with van der Waals surface area (Å²) in [5.74, 6) is 0. The number of aryl methyl sites for hydroxylation is 1. The Morgan fingerprint density at radius 2 is 1.48 bits per heavy atom. The molecule has 0 heterocycles. The summed E-state index contributed by atoms with van der Waals surface area (Å²) in [6.45, 7) is 5.35. The molecule has 0 fully saturated rings. The third-order valence-corrected chi connectivity index (χ3v) is 7.18. The molecule has 1 aromatic carbocycles. The second kappa shape index (κ2) is 13.1. The molecule has 2 heteroatoms. The summed E-state index contributed by atoms with van der Waals surface area (Å²) in [6, 6.07) is 13.6. The minimum Gasteiger partial charge on any atom is -0.420 e. The first-order valence-corrected chi connectivity index (χ1v) is 11.1. The second-order valence-corrected chi connectivity index (χ2v) is 8.74. The molecule has 0 spiro atoms. The molecule has 0 aliphatic carbocycles. The van der Waals surface area contributed by atoms with E-state index in [0.717, 1.165) is 6.61 Å². The van der Waals surface area contributed by atoms with Gasteiger partial charge in [0.25, 0.3) is 0 Å². The van der Waals surface area contributed by atoms with Crippen molar-refractivity contribution in [1.82, 2.24) is 0 Å². The van der Waals surface area contributed by atoms with Crippen LogP contribution < -0.4 is 0 Å². The van der Waals surface area contributed by atoms with Crippen molar-refractivity contribution in [3.8, 4) is 0 Å². The average Bonchev–Trinajstić information content (AvgIpc) is 2.51. The molecule has 0 N–H and O–H groups in total. The quantitative estimate of drug-likeness (QED) is 0.333. The number of benzene rings is 1.